The highest BCUT2D eigenvalue weighted by molar-refractivity contribution is 9.10. The third kappa shape index (κ3) is 2.59. The summed E-state index contributed by atoms with van der Waals surface area (Å²) in [4.78, 5) is 4.34. The molecule has 0 fully saturated rings. The van der Waals surface area contributed by atoms with Crippen molar-refractivity contribution in [2.75, 3.05) is 0 Å². The summed E-state index contributed by atoms with van der Waals surface area (Å²) in [5, 5.41) is 10.2. The number of hydrogen-bond acceptors (Lipinski definition) is 2. The molecule has 20 heavy (non-hydrogen) atoms. The molecule has 0 spiro atoms. The van der Waals surface area contributed by atoms with Crippen molar-refractivity contribution >= 4 is 21.6 Å². The van der Waals surface area contributed by atoms with E-state index in [4.69, 9.17) is 0 Å². The molecular weight excluding hydrogens is 323 g/mol. The predicted molar refractivity (Wildman–Crippen MR) is 78.0 cm³/mol. The second kappa shape index (κ2) is 5.34. The van der Waals surface area contributed by atoms with Crippen LogP contribution in [0.1, 0.15) is 17.4 Å². The number of aliphatic hydroxyl groups is 1. The molecule has 2 heterocycles. The molecule has 0 radical (unpaired) electrons. The first-order chi connectivity index (χ1) is 9.63. The van der Waals surface area contributed by atoms with Crippen LogP contribution in [-0.2, 0) is 6.42 Å². The quantitative estimate of drug-likeness (QED) is 0.795. The van der Waals surface area contributed by atoms with Crippen LogP contribution in [0.15, 0.2) is 53.3 Å². The van der Waals surface area contributed by atoms with Crippen molar-refractivity contribution in [3.63, 3.8) is 0 Å². The van der Waals surface area contributed by atoms with Gasteiger partial charge in [-0.1, -0.05) is 22.0 Å². The zero-order valence-corrected chi connectivity index (χ0v) is 12.1. The van der Waals surface area contributed by atoms with Gasteiger partial charge in [-0.2, -0.15) is 0 Å². The molecule has 0 saturated heterocycles. The van der Waals surface area contributed by atoms with Crippen LogP contribution in [0.2, 0.25) is 0 Å². The number of hydrogen-bond donors (Lipinski definition) is 1. The lowest BCUT2D eigenvalue weighted by Crippen LogP contribution is -2.04. The molecule has 0 saturated carbocycles. The summed E-state index contributed by atoms with van der Waals surface area (Å²) in [6, 6.07) is 10.3. The normalized spacial score (nSPS) is 12.8. The van der Waals surface area contributed by atoms with E-state index in [1.165, 1.54) is 6.07 Å². The van der Waals surface area contributed by atoms with Gasteiger partial charge in [-0.15, -0.1) is 0 Å². The highest BCUT2D eigenvalue weighted by atomic mass is 79.9. The minimum absolute atomic E-state index is 0.190. The number of pyridine rings is 1. The lowest BCUT2D eigenvalue weighted by atomic mass is 10.1. The molecular formula is C15H12BrFN2O. The molecule has 1 unspecified atom stereocenters. The van der Waals surface area contributed by atoms with Gasteiger partial charge in [0.1, 0.15) is 17.6 Å². The van der Waals surface area contributed by atoms with E-state index in [0.717, 1.165) is 10.1 Å². The molecule has 0 aliphatic rings. The maximum atomic E-state index is 13.7. The van der Waals surface area contributed by atoms with Crippen LogP contribution in [0.3, 0.4) is 0 Å². The number of nitrogens with zero attached hydrogens (tertiary/aromatic N) is 2. The lowest BCUT2D eigenvalue weighted by Gasteiger charge is -2.09. The van der Waals surface area contributed by atoms with Crippen LogP contribution >= 0.6 is 15.9 Å². The van der Waals surface area contributed by atoms with Crippen molar-refractivity contribution in [3.8, 4) is 0 Å². The summed E-state index contributed by atoms with van der Waals surface area (Å²) in [6.07, 6.45) is 2.97. The van der Waals surface area contributed by atoms with Gasteiger partial charge < -0.3 is 9.51 Å². The zero-order chi connectivity index (χ0) is 14.1. The van der Waals surface area contributed by atoms with E-state index in [1.807, 2.05) is 28.8 Å². The minimum atomic E-state index is -0.835. The fraction of sp³-hybridized carbons (Fsp3) is 0.133. The molecule has 0 bridgehead atoms. The van der Waals surface area contributed by atoms with Crippen molar-refractivity contribution in [2.45, 2.75) is 12.5 Å². The zero-order valence-electron chi connectivity index (χ0n) is 10.5. The number of halogens is 2. The second-order valence-electron chi connectivity index (χ2n) is 4.59. The Morgan fingerprint density at radius 1 is 1.30 bits per heavy atom. The van der Waals surface area contributed by atoms with Gasteiger partial charge in [-0.05, 0) is 35.9 Å². The van der Waals surface area contributed by atoms with Gasteiger partial charge in [0, 0.05) is 23.3 Å². The number of aliphatic hydroxyl groups excluding tert-OH is 1. The first kappa shape index (κ1) is 13.3. The monoisotopic (exact) mass is 334 g/mol. The van der Waals surface area contributed by atoms with Crippen molar-refractivity contribution in [3.05, 3.63) is 70.3 Å². The number of aromatic nitrogens is 2. The minimum Gasteiger partial charge on any atom is -0.386 e. The molecule has 1 aromatic carbocycles. The fourth-order valence-corrected chi connectivity index (χ4v) is 2.54. The SMILES string of the molecule is OC(Cc1cc(Br)ccc1F)c1cn2ccccc2n1. The molecule has 2 aromatic heterocycles. The molecule has 0 amide bonds. The number of benzene rings is 1. The Bertz CT molecular complexity index is 723. The van der Waals surface area contributed by atoms with Crippen LogP contribution < -0.4 is 0 Å². The lowest BCUT2D eigenvalue weighted by molar-refractivity contribution is 0.173. The van der Waals surface area contributed by atoms with Crippen molar-refractivity contribution in [1.82, 2.24) is 9.38 Å². The Labute approximate surface area is 123 Å². The maximum absolute atomic E-state index is 13.7. The Balaban J connectivity index is 1.88. The maximum Gasteiger partial charge on any atom is 0.137 e. The standard InChI is InChI=1S/C15H12BrFN2O/c16-11-4-5-12(17)10(7-11)8-14(20)13-9-19-6-2-1-3-15(19)18-13/h1-7,9,14,20H,8H2. The average Bonchev–Trinajstić information content (AvgIpc) is 2.87. The predicted octanol–water partition coefficient (Wildman–Crippen LogP) is 3.51. The molecule has 5 heteroatoms. The topological polar surface area (TPSA) is 37.5 Å². The van der Waals surface area contributed by atoms with Crippen LogP contribution in [-0.4, -0.2) is 14.5 Å². The van der Waals surface area contributed by atoms with Gasteiger partial charge in [0.2, 0.25) is 0 Å². The molecule has 1 atom stereocenters. The van der Waals surface area contributed by atoms with Gasteiger partial charge in [0.15, 0.2) is 0 Å². The van der Waals surface area contributed by atoms with E-state index in [9.17, 15) is 9.50 Å². The summed E-state index contributed by atoms with van der Waals surface area (Å²) in [6.45, 7) is 0. The first-order valence-corrected chi connectivity index (χ1v) is 6.98. The number of imidazole rings is 1. The molecule has 0 aliphatic carbocycles. The van der Waals surface area contributed by atoms with Crippen molar-refractivity contribution < 1.29 is 9.50 Å². The third-order valence-electron chi connectivity index (χ3n) is 3.15. The van der Waals surface area contributed by atoms with E-state index < -0.39 is 6.10 Å². The van der Waals surface area contributed by atoms with Crippen LogP contribution in [0.4, 0.5) is 4.39 Å². The molecule has 3 nitrogen and oxygen atoms in total. The summed E-state index contributed by atoms with van der Waals surface area (Å²) in [7, 11) is 0. The van der Waals surface area contributed by atoms with Gasteiger partial charge >= 0.3 is 0 Å². The van der Waals surface area contributed by atoms with Crippen LogP contribution in [0.25, 0.3) is 5.65 Å². The summed E-state index contributed by atoms with van der Waals surface area (Å²) < 4.78 is 16.3. The van der Waals surface area contributed by atoms with E-state index in [1.54, 1.807) is 18.3 Å². The average molecular weight is 335 g/mol. The molecule has 102 valence electrons. The van der Waals surface area contributed by atoms with E-state index in [2.05, 4.69) is 20.9 Å². The Morgan fingerprint density at radius 3 is 2.95 bits per heavy atom. The van der Waals surface area contributed by atoms with Crippen molar-refractivity contribution in [2.24, 2.45) is 0 Å². The molecule has 1 N–H and O–H groups in total. The molecule has 0 aliphatic heterocycles. The number of rotatable bonds is 3. The van der Waals surface area contributed by atoms with Crippen LogP contribution in [0.5, 0.6) is 0 Å². The van der Waals surface area contributed by atoms with E-state index in [-0.39, 0.29) is 12.2 Å². The van der Waals surface area contributed by atoms with Crippen LogP contribution in [0, 0.1) is 5.82 Å². The number of fused-ring (bicyclic) bond motifs is 1. The first-order valence-electron chi connectivity index (χ1n) is 6.19. The summed E-state index contributed by atoms with van der Waals surface area (Å²) in [5.74, 6) is -0.323. The van der Waals surface area contributed by atoms with E-state index in [0.29, 0.717) is 11.3 Å². The van der Waals surface area contributed by atoms with Gasteiger partial charge in [0.05, 0.1) is 5.69 Å². The Hall–Kier alpha value is -1.72. The van der Waals surface area contributed by atoms with Gasteiger partial charge in [-0.25, -0.2) is 9.37 Å². The van der Waals surface area contributed by atoms with Crippen molar-refractivity contribution in [1.29, 1.82) is 0 Å². The third-order valence-corrected chi connectivity index (χ3v) is 3.64. The Morgan fingerprint density at radius 2 is 2.15 bits per heavy atom. The molecule has 3 aromatic rings. The summed E-state index contributed by atoms with van der Waals surface area (Å²) >= 11 is 3.30. The highest BCUT2D eigenvalue weighted by Gasteiger charge is 2.15. The smallest absolute Gasteiger partial charge is 0.137 e. The van der Waals surface area contributed by atoms with E-state index >= 15 is 0 Å². The van der Waals surface area contributed by atoms with Gasteiger partial charge in [0.25, 0.3) is 0 Å². The Kier molecular flexibility index (Phi) is 3.54. The second-order valence-corrected chi connectivity index (χ2v) is 5.50. The summed E-state index contributed by atoms with van der Waals surface area (Å²) in [5.41, 5.74) is 1.76. The highest BCUT2D eigenvalue weighted by Crippen LogP contribution is 2.22. The largest absolute Gasteiger partial charge is 0.386 e. The molecule has 3 rings (SSSR count). The van der Waals surface area contributed by atoms with Gasteiger partial charge in [-0.3, -0.25) is 0 Å². The fourth-order valence-electron chi connectivity index (χ4n) is 2.13.